The first-order valence-corrected chi connectivity index (χ1v) is 7.50. The van der Waals surface area contributed by atoms with Crippen LogP contribution in [-0.2, 0) is 0 Å². The normalized spacial score (nSPS) is 14.5. The molecule has 1 aliphatic heterocycles. The fraction of sp³-hybridized carbons (Fsp3) is 0.250. The molecule has 3 rings (SSSR count). The number of amides is 1. The third-order valence-corrected chi connectivity index (χ3v) is 3.91. The van der Waals surface area contributed by atoms with E-state index in [0.717, 1.165) is 12.1 Å². The van der Waals surface area contributed by atoms with Crippen LogP contribution in [0.25, 0.3) is 0 Å². The van der Waals surface area contributed by atoms with E-state index in [1.165, 1.54) is 17.3 Å². The maximum atomic E-state index is 13.7. The lowest BCUT2D eigenvalue weighted by molar-refractivity contribution is 0.0688. The van der Waals surface area contributed by atoms with Gasteiger partial charge in [0.15, 0.2) is 5.69 Å². The van der Waals surface area contributed by atoms with E-state index in [9.17, 15) is 18.4 Å². The average Bonchev–Trinajstić information content (AvgIpc) is 2.61. The van der Waals surface area contributed by atoms with Gasteiger partial charge in [-0.25, -0.2) is 23.5 Å². The van der Waals surface area contributed by atoms with Crippen molar-refractivity contribution in [1.82, 2.24) is 14.9 Å². The zero-order valence-electron chi connectivity index (χ0n) is 13.0. The van der Waals surface area contributed by atoms with Crippen LogP contribution >= 0.6 is 0 Å². The molecule has 0 radical (unpaired) electrons. The van der Waals surface area contributed by atoms with Crippen LogP contribution in [0.5, 0.6) is 0 Å². The van der Waals surface area contributed by atoms with Crippen LogP contribution in [-0.4, -0.2) is 58.0 Å². The zero-order valence-corrected chi connectivity index (χ0v) is 13.0. The molecular weight excluding hydrogens is 334 g/mol. The first-order valence-electron chi connectivity index (χ1n) is 7.50. The molecule has 0 atom stereocenters. The Kier molecular flexibility index (Phi) is 4.55. The molecule has 130 valence electrons. The molecule has 1 aromatic heterocycles. The summed E-state index contributed by atoms with van der Waals surface area (Å²) in [5.41, 5.74) is -0.315. The van der Waals surface area contributed by atoms with E-state index in [2.05, 4.69) is 9.97 Å². The number of piperazine rings is 1. The van der Waals surface area contributed by atoms with E-state index in [1.54, 1.807) is 0 Å². The van der Waals surface area contributed by atoms with Gasteiger partial charge >= 0.3 is 5.97 Å². The van der Waals surface area contributed by atoms with E-state index in [1.807, 2.05) is 4.90 Å². The van der Waals surface area contributed by atoms with Crippen molar-refractivity contribution in [2.45, 2.75) is 0 Å². The molecule has 25 heavy (non-hydrogen) atoms. The van der Waals surface area contributed by atoms with Crippen molar-refractivity contribution in [2.75, 3.05) is 31.1 Å². The third-order valence-electron chi connectivity index (χ3n) is 3.91. The Morgan fingerprint density at radius 1 is 1.04 bits per heavy atom. The second-order valence-corrected chi connectivity index (χ2v) is 5.47. The van der Waals surface area contributed by atoms with Gasteiger partial charge in [-0.3, -0.25) is 4.79 Å². The van der Waals surface area contributed by atoms with Crippen molar-refractivity contribution in [3.05, 3.63) is 53.5 Å². The Labute approximate surface area is 141 Å². The summed E-state index contributed by atoms with van der Waals surface area (Å²) in [4.78, 5) is 34.3. The SMILES string of the molecule is O=C(O)c1cnc(N2CCN(C(=O)c3ccc(F)cc3F)CC2)cn1. The Balaban J connectivity index is 1.65. The van der Waals surface area contributed by atoms with Crippen molar-refractivity contribution in [3.8, 4) is 0 Å². The largest absolute Gasteiger partial charge is 0.476 e. The van der Waals surface area contributed by atoms with Crippen LogP contribution in [0.4, 0.5) is 14.6 Å². The number of carboxylic acids is 1. The summed E-state index contributed by atoms with van der Waals surface area (Å²) >= 11 is 0. The molecule has 1 aliphatic rings. The molecule has 0 spiro atoms. The van der Waals surface area contributed by atoms with Gasteiger partial charge in [-0.15, -0.1) is 0 Å². The van der Waals surface area contributed by atoms with Gasteiger partial charge in [0.1, 0.15) is 17.5 Å². The Morgan fingerprint density at radius 2 is 1.76 bits per heavy atom. The topological polar surface area (TPSA) is 86.6 Å². The van der Waals surface area contributed by atoms with Crippen LogP contribution in [0.2, 0.25) is 0 Å². The highest BCUT2D eigenvalue weighted by atomic mass is 19.1. The quantitative estimate of drug-likeness (QED) is 0.903. The lowest BCUT2D eigenvalue weighted by Gasteiger charge is -2.35. The summed E-state index contributed by atoms with van der Waals surface area (Å²) in [5.74, 6) is -2.77. The van der Waals surface area contributed by atoms with Crippen molar-refractivity contribution < 1.29 is 23.5 Å². The Morgan fingerprint density at radius 3 is 2.32 bits per heavy atom. The molecule has 0 saturated carbocycles. The van der Waals surface area contributed by atoms with Gasteiger partial charge in [0.05, 0.1) is 18.0 Å². The lowest BCUT2D eigenvalue weighted by Crippen LogP contribution is -2.49. The minimum Gasteiger partial charge on any atom is -0.476 e. The highest BCUT2D eigenvalue weighted by molar-refractivity contribution is 5.94. The van der Waals surface area contributed by atoms with E-state index >= 15 is 0 Å². The molecule has 0 unspecified atom stereocenters. The van der Waals surface area contributed by atoms with Crippen molar-refractivity contribution in [2.24, 2.45) is 0 Å². The van der Waals surface area contributed by atoms with Gasteiger partial charge in [-0.2, -0.15) is 0 Å². The predicted octanol–water partition coefficient (Wildman–Crippen LogP) is 1.42. The highest BCUT2D eigenvalue weighted by Crippen LogP contribution is 2.16. The van der Waals surface area contributed by atoms with E-state index < -0.39 is 23.5 Å². The molecular formula is C16H14F2N4O3. The van der Waals surface area contributed by atoms with E-state index in [0.29, 0.717) is 38.1 Å². The number of aromatic nitrogens is 2. The first-order chi connectivity index (χ1) is 12.0. The number of carboxylic acid groups (broad SMARTS) is 1. The summed E-state index contributed by atoms with van der Waals surface area (Å²) in [6.45, 7) is 1.54. The second kappa shape index (κ2) is 6.80. The number of halogens is 2. The van der Waals surface area contributed by atoms with Crippen LogP contribution in [0.15, 0.2) is 30.6 Å². The molecule has 7 nitrogen and oxygen atoms in total. The van der Waals surface area contributed by atoms with Crippen molar-refractivity contribution in [3.63, 3.8) is 0 Å². The molecule has 1 fully saturated rings. The van der Waals surface area contributed by atoms with Crippen molar-refractivity contribution >= 4 is 17.7 Å². The lowest BCUT2D eigenvalue weighted by atomic mass is 10.1. The van der Waals surface area contributed by atoms with Gasteiger partial charge < -0.3 is 14.9 Å². The molecule has 1 amide bonds. The van der Waals surface area contributed by atoms with Crippen molar-refractivity contribution in [1.29, 1.82) is 0 Å². The first kappa shape index (κ1) is 16.7. The number of hydrogen-bond acceptors (Lipinski definition) is 5. The highest BCUT2D eigenvalue weighted by Gasteiger charge is 2.25. The smallest absolute Gasteiger partial charge is 0.356 e. The van der Waals surface area contributed by atoms with Crippen LogP contribution < -0.4 is 4.90 Å². The maximum absolute atomic E-state index is 13.7. The van der Waals surface area contributed by atoms with Gasteiger partial charge in [-0.1, -0.05) is 0 Å². The molecule has 1 saturated heterocycles. The molecule has 1 N–H and O–H groups in total. The number of carbonyl (C=O) groups excluding carboxylic acids is 1. The summed E-state index contributed by atoms with van der Waals surface area (Å²) < 4.78 is 26.7. The fourth-order valence-electron chi connectivity index (χ4n) is 2.57. The Hall–Kier alpha value is -3.10. The van der Waals surface area contributed by atoms with E-state index in [-0.39, 0.29) is 11.3 Å². The van der Waals surface area contributed by atoms with Crippen LogP contribution in [0.1, 0.15) is 20.8 Å². The number of carbonyl (C=O) groups is 2. The van der Waals surface area contributed by atoms with E-state index in [4.69, 9.17) is 5.11 Å². The van der Waals surface area contributed by atoms with Gasteiger partial charge in [0, 0.05) is 32.2 Å². The monoisotopic (exact) mass is 348 g/mol. The minimum atomic E-state index is -1.16. The third kappa shape index (κ3) is 3.54. The average molecular weight is 348 g/mol. The summed E-state index contributed by atoms with van der Waals surface area (Å²) in [7, 11) is 0. The minimum absolute atomic E-state index is 0.149. The molecule has 2 aromatic rings. The fourth-order valence-corrected chi connectivity index (χ4v) is 2.57. The number of anilines is 1. The molecule has 0 bridgehead atoms. The summed E-state index contributed by atoms with van der Waals surface area (Å²) in [5, 5.41) is 8.82. The zero-order chi connectivity index (χ0) is 18.0. The summed E-state index contributed by atoms with van der Waals surface area (Å²) in [6.07, 6.45) is 2.53. The second-order valence-electron chi connectivity index (χ2n) is 5.47. The molecule has 2 heterocycles. The van der Waals surface area contributed by atoms with Crippen LogP contribution in [0.3, 0.4) is 0 Å². The predicted molar refractivity (Wildman–Crippen MR) is 83.5 cm³/mol. The standard InChI is InChI=1S/C16H14F2N4O3/c17-10-1-2-11(12(18)7-10)15(23)22-5-3-21(4-6-22)14-9-19-13(8-20-14)16(24)25/h1-2,7-9H,3-6H2,(H,24,25). The van der Waals surface area contributed by atoms with Gasteiger partial charge in [0.25, 0.3) is 5.91 Å². The molecule has 0 aliphatic carbocycles. The number of rotatable bonds is 3. The number of benzene rings is 1. The summed E-state index contributed by atoms with van der Waals surface area (Å²) in [6, 6.07) is 2.87. The van der Waals surface area contributed by atoms with Gasteiger partial charge in [-0.05, 0) is 12.1 Å². The Bertz CT molecular complexity index is 806. The van der Waals surface area contributed by atoms with Crippen LogP contribution in [0, 0.1) is 11.6 Å². The molecule has 9 heteroatoms. The number of aromatic carboxylic acids is 1. The molecule has 1 aromatic carbocycles. The number of hydrogen-bond donors (Lipinski definition) is 1. The number of nitrogens with zero attached hydrogens (tertiary/aromatic N) is 4. The maximum Gasteiger partial charge on any atom is 0.356 e. The van der Waals surface area contributed by atoms with Gasteiger partial charge in [0.2, 0.25) is 0 Å².